The number of carbonyl (C=O) groups is 1. The van der Waals surface area contributed by atoms with Crippen molar-refractivity contribution in [3.8, 4) is 0 Å². The minimum atomic E-state index is -0.351. The van der Waals surface area contributed by atoms with Gasteiger partial charge in [-0.25, -0.2) is 4.39 Å². The summed E-state index contributed by atoms with van der Waals surface area (Å²) < 4.78 is 13.0. The molecule has 0 aliphatic carbocycles. The summed E-state index contributed by atoms with van der Waals surface area (Å²) in [6.07, 6.45) is 2.94. The highest BCUT2D eigenvalue weighted by Gasteiger charge is 2.23. The van der Waals surface area contributed by atoms with Crippen LogP contribution in [-0.2, 0) is 4.79 Å². The molecule has 0 aliphatic rings. The van der Waals surface area contributed by atoms with E-state index in [0.29, 0.717) is 5.69 Å². The van der Waals surface area contributed by atoms with Crippen molar-refractivity contribution in [3.05, 3.63) is 30.1 Å². The van der Waals surface area contributed by atoms with Crippen molar-refractivity contribution in [3.63, 3.8) is 0 Å². The molecule has 0 aliphatic heterocycles. The Morgan fingerprint density at radius 1 is 1.21 bits per heavy atom. The van der Waals surface area contributed by atoms with Gasteiger partial charge in [0.15, 0.2) is 0 Å². The van der Waals surface area contributed by atoms with Gasteiger partial charge in [0.25, 0.3) is 0 Å². The van der Waals surface area contributed by atoms with Gasteiger partial charge in [-0.3, -0.25) is 4.79 Å². The predicted octanol–water partition coefficient (Wildman–Crippen LogP) is 3.32. The third-order valence-corrected chi connectivity index (χ3v) is 3.76. The molecule has 0 aromatic heterocycles. The van der Waals surface area contributed by atoms with Crippen LogP contribution in [0.5, 0.6) is 0 Å². The Kier molecular flexibility index (Phi) is 5.96. The maximum atomic E-state index is 13.0. The molecule has 1 aromatic rings. The molecule has 1 amide bonds. The normalized spacial score (nSPS) is 11.4. The van der Waals surface area contributed by atoms with Crippen molar-refractivity contribution >= 4 is 11.6 Å². The van der Waals surface area contributed by atoms with Gasteiger partial charge in [-0.15, -0.1) is 0 Å². The second-order valence-corrected chi connectivity index (χ2v) is 4.75. The van der Waals surface area contributed by atoms with E-state index in [1.807, 2.05) is 0 Å². The number of rotatable bonds is 7. The van der Waals surface area contributed by atoms with Gasteiger partial charge in [-0.05, 0) is 37.5 Å². The van der Waals surface area contributed by atoms with Crippen molar-refractivity contribution < 1.29 is 9.18 Å². The molecule has 2 N–H and O–H groups in total. The lowest BCUT2D eigenvalue weighted by molar-refractivity contribution is -0.115. The van der Waals surface area contributed by atoms with Crippen LogP contribution in [-0.4, -0.2) is 18.0 Å². The quantitative estimate of drug-likeness (QED) is 0.795. The number of anilines is 1. The SMILES string of the molecule is CCC(CC)(CC)NCC(=O)Nc1cccc(F)c1. The van der Waals surface area contributed by atoms with Crippen molar-refractivity contribution in [2.24, 2.45) is 0 Å². The summed E-state index contributed by atoms with van der Waals surface area (Å²) in [4.78, 5) is 11.8. The van der Waals surface area contributed by atoms with Gasteiger partial charge >= 0.3 is 0 Å². The number of benzene rings is 1. The van der Waals surface area contributed by atoms with E-state index in [1.54, 1.807) is 12.1 Å². The summed E-state index contributed by atoms with van der Waals surface area (Å²) in [5.74, 6) is -0.499. The average molecular weight is 266 g/mol. The molecule has 3 nitrogen and oxygen atoms in total. The highest BCUT2D eigenvalue weighted by Crippen LogP contribution is 2.18. The van der Waals surface area contributed by atoms with Crippen molar-refractivity contribution in [1.29, 1.82) is 0 Å². The molecule has 1 rings (SSSR count). The van der Waals surface area contributed by atoms with E-state index < -0.39 is 0 Å². The smallest absolute Gasteiger partial charge is 0.238 e. The van der Waals surface area contributed by atoms with Crippen molar-refractivity contribution in [1.82, 2.24) is 5.32 Å². The monoisotopic (exact) mass is 266 g/mol. The fourth-order valence-electron chi connectivity index (χ4n) is 2.16. The number of hydrogen-bond donors (Lipinski definition) is 2. The highest BCUT2D eigenvalue weighted by molar-refractivity contribution is 5.92. The zero-order chi connectivity index (χ0) is 14.3. The minimum absolute atomic E-state index is 0.0132. The number of hydrogen-bond acceptors (Lipinski definition) is 2. The van der Waals surface area contributed by atoms with Gasteiger partial charge in [-0.1, -0.05) is 26.8 Å². The maximum Gasteiger partial charge on any atom is 0.238 e. The van der Waals surface area contributed by atoms with Gasteiger partial charge in [0, 0.05) is 11.2 Å². The summed E-state index contributed by atoms with van der Waals surface area (Å²) in [6, 6.07) is 5.91. The average Bonchev–Trinajstić information content (AvgIpc) is 2.41. The van der Waals surface area contributed by atoms with E-state index in [2.05, 4.69) is 31.4 Å². The van der Waals surface area contributed by atoms with Gasteiger partial charge < -0.3 is 10.6 Å². The summed E-state index contributed by atoms with van der Waals surface area (Å²) in [5, 5.41) is 6.00. The molecular weight excluding hydrogens is 243 g/mol. The van der Waals surface area contributed by atoms with E-state index in [9.17, 15) is 9.18 Å². The third-order valence-electron chi connectivity index (χ3n) is 3.76. The number of halogens is 1. The molecule has 0 bridgehead atoms. The Morgan fingerprint density at radius 3 is 2.37 bits per heavy atom. The van der Waals surface area contributed by atoms with E-state index in [0.717, 1.165) is 19.3 Å². The Bertz CT molecular complexity index is 408. The van der Waals surface area contributed by atoms with Gasteiger partial charge in [0.05, 0.1) is 6.54 Å². The molecule has 0 atom stereocenters. The Labute approximate surface area is 114 Å². The summed E-state index contributed by atoms with van der Waals surface area (Å²) >= 11 is 0. The second-order valence-electron chi connectivity index (χ2n) is 4.75. The second kappa shape index (κ2) is 7.24. The number of amides is 1. The van der Waals surface area contributed by atoms with Crippen molar-refractivity contribution in [2.45, 2.75) is 45.6 Å². The fourth-order valence-corrected chi connectivity index (χ4v) is 2.16. The number of nitrogens with one attached hydrogen (secondary N) is 2. The lowest BCUT2D eigenvalue weighted by atomic mass is 9.90. The maximum absolute atomic E-state index is 13.0. The number of carbonyl (C=O) groups excluding carboxylic acids is 1. The molecular formula is C15H23FN2O. The molecule has 0 saturated heterocycles. The fraction of sp³-hybridized carbons (Fsp3) is 0.533. The zero-order valence-electron chi connectivity index (χ0n) is 11.9. The first-order chi connectivity index (χ1) is 9.05. The molecule has 0 unspecified atom stereocenters. The largest absolute Gasteiger partial charge is 0.325 e. The van der Waals surface area contributed by atoms with Crippen molar-refractivity contribution in [2.75, 3.05) is 11.9 Å². The van der Waals surface area contributed by atoms with Crippen LogP contribution in [0.15, 0.2) is 24.3 Å². The highest BCUT2D eigenvalue weighted by atomic mass is 19.1. The van der Waals surface area contributed by atoms with Crippen LogP contribution in [0.1, 0.15) is 40.0 Å². The molecule has 0 spiro atoms. The summed E-state index contributed by atoms with van der Waals surface area (Å²) in [5.41, 5.74) is 0.501. The van der Waals surface area contributed by atoms with E-state index in [1.165, 1.54) is 12.1 Å². The van der Waals surface area contributed by atoms with Gasteiger partial charge in [0.2, 0.25) is 5.91 Å². The first-order valence-corrected chi connectivity index (χ1v) is 6.85. The predicted molar refractivity (Wildman–Crippen MR) is 76.6 cm³/mol. The molecule has 1 aromatic carbocycles. The first-order valence-electron chi connectivity index (χ1n) is 6.85. The lowest BCUT2D eigenvalue weighted by Crippen LogP contribution is -2.47. The summed E-state index contributed by atoms with van der Waals surface area (Å²) in [6.45, 7) is 6.59. The molecule has 4 heteroatoms. The van der Waals surface area contributed by atoms with Crippen LogP contribution >= 0.6 is 0 Å². The lowest BCUT2D eigenvalue weighted by Gasteiger charge is -2.31. The van der Waals surface area contributed by atoms with Crippen LogP contribution in [0.4, 0.5) is 10.1 Å². The summed E-state index contributed by atoms with van der Waals surface area (Å²) in [7, 11) is 0. The van der Waals surface area contributed by atoms with Crippen LogP contribution in [0.25, 0.3) is 0 Å². The minimum Gasteiger partial charge on any atom is -0.325 e. The van der Waals surface area contributed by atoms with Crippen LogP contribution in [0.2, 0.25) is 0 Å². The Morgan fingerprint density at radius 2 is 1.84 bits per heavy atom. The molecule has 0 heterocycles. The van der Waals surface area contributed by atoms with Crippen LogP contribution < -0.4 is 10.6 Å². The first kappa shape index (κ1) is 15.6. The topological polar surface area (TPSA) is 41.1 Å². The molecule has 0 fully saturated rings. The van der Waals surface area contributed by atoms with Gasteiger partial charge in [-0.2, -0.15) is 0 Å². The van der Waals surface area contributed by atoms with E-state index >= 15 is 0 Å². The molecule has 19 heavy (non-hydrogen) atoms. The third kappa shape index (κ3) is 4.63. The van der Waals surface area contributed by atoms with Crippen LogP contribution in [0.3, 0.4) is 0 Å². The van der Waals surface area contributed by atoms with Gasteiger partial charge in [0.1, 0.15) is 5.82 Å². The Hall–Kier alpha value is -1.42. The molecule has 0 radical (unpaired) electrons. The molecule has 0 saturated carbocycles. The van der Waals surface area contributed by atoms with Crippen LogP contribution in [0, 0.1) is 5.82 Å². The molecule has 106 valence electrons. The standard InChI is InChI=1S/C15H23FN2O/c1-4-15(5-2,6-3)17-11-14(19)18-13-9-7-8-12(16)10-13/h7-10,17H,4-6,11H2,1-3H3,(H,18,19). The van der Waals surface area contributed by atoms with E-state index in [4.69, 9.17) is 0 Å². The van der Waals surface area contributed by atoms with E-state index in [-0.39, 0.29) is 23.8 Å². The Balaban J connectivity index is 2.52. The zero-order valence-corrected chi connectivity index (χ0v) is 11.9.